The highest BCUT2D eigenvalue weighted by Gasteiger charge is 2.49. The number of alkyl halides is 6. The molecule has 0 fully saturated rings. The Morgan fingerprint density at radius 2 is 1.25 bits per heavy atom. The minimum Gasteiger partial charge on any atom is -0.210 e. The van der Waals surface area contributed by atoms with E-state index in [0.717, 1.165) is 0 Å². The van der Waals surface area contributed by atoms with Gasteiger partial charge in [0.1, 0.15) is 0 Å². The molecule has 0 atom stereocenters. The molecule has 0 aromatic rings. The summed E-state index contributed by atoms with van der Waals surface area (Å²) in [7, 11) is 0. The average Bonchev–Trinajstić information content (AvgIpc) is 1.25. The number of hydrogen-bond acceptors (Lipinski definition) is 0. The summed E-state index contributed by atoms with van der Waals surface area (Å²) in [6.07, 6.45) is 0. The van der Waals surface area contributed by atoms with Gasteiger partial charge in [-0.15, -0.1) is 0 Å². The Morgan fingerprint density at radius 3 is 1.25 bits per heavy atom. The van der Waals surface area contributed by atoms with E-state index in [-0.39, 0.29) is 0 Å². The van der Waals surface area contributed by atoms with Crippen LogP contribution < -0.4 is 0 Å². The molecule has 0 rings (SSSR count). The largest absolute Gasteiger partial charge is 0.375 e. The molecule has 0 aliphatic carbocycles. The summed E-state index contributed by atoms with van der Waals surface area (Å²) in [4.78, 5) is 0. The molecule has 0 N–H and O–H groups in total. The lowest BCUT2D eigenvalue weighted by Gasteiger charge is -2.14. The Morgan fingerprint density at radius 1 is 1.12 bits per heavy atom. The van der Waals surface area contributed by atoms with Crippen LogP contribution in [0.3, 0.4) is 0 Å². The second kappa shape index (κ2) is 2.34. The van der Waals surface area contributed by atoms with Crippen molar-refractivity contribution in [2.45, 2.75) is 8.87 Å². The standard InChI is InChI=1S/C2Br2ClF3/c3-1(4,6)2(5,7)8. The lowest BCUT2D eigenvalue weighted by atomic mass is 10.8. The third kappa shape index (κ3) is 2.55. The Bertz CT molecular complexity index is 70.3. The molecule has 0 bridgehead atoms. The summed E-state index contributed by atoms with van der Waals surface area (Å²) in [6, 6.07) is 0. The molecule has 50 valence electrons. The SMILES string of the molecule is FC(F)(Cl)C(F)(Br)Br. The molecule has 8 heavy (non-hydrogen) atoms. The zero-order valence-corrected chi connectivity index (χ0v) is 7.20. The van der Waals surface area contributed by atoms with Crippen molar-refractivity contribution in [3.63, 3.8) is 0 Å². The molecule has 0 aromatic heterocycles. The van der Waals surface area contributed by atoms with Gasteiger partial charge >= 0.3 is 5.38 Å². The number of hydrogen-bond donors (Lipinski definition) is 0. The van der Waals surface area contributed by atoms with E-state index in [1.807, 2.05) is 31.9 Å². The van der Waals surface area contributed by atoms with Crippen molar-refractivity contribution >= 4 is 43.5 Å². The maximum atomic E-state index is 11.8. The predicted molar refractivity (Wildman–Crippen MR) is 32.5 cm³/mol. The topological polar surface area (TPSA) is 0 Å². The van der Waals surface area contributed by atoms with Crippen molar-refractivity contribution in [2.24, 2.45) is 0 Å². The predicted octanol–water partition coefficient (Wildman–Crippen LogP) is 3.23. The third-order valence-electron chi connectivity index (χ3n) is 0.321. The summed E-state index contributed by atoms with van der Waals surface area (Å²) >= 11 is 8.14. The van der Waals surface area contributed by atoms with Crippen LogP contribution in [0.15, 0.2) is 0 Å². The summed E-state index contributed by atoms with van der Waals surface area (Å²) in [5, 5.41) is -3.92. The van der Waals surface area contributed by atoms with Crippen LogP contribution in [-0.4, -0.2) is 8.87 Å². The Balaban J connectivity index is 4.02. The molecule has 0 saturated heterocycles. The Kier molecular flexibility index (Phi) is 2.65. The van der Waals surface area contributed by atoms with E-state index in [9.17, 15) is 13.2 Å². The van der Waals surface area contributed by atoms with E-state index in [2.05, 4.69) is 11.6 Å². The number of rotatable bonds is 1. The van der Waals surface area contributed by atoms with E-state index in [1.54, 1.807) is 0 Å². The fraction of sp³-hybridized carbons (Fsp3) is 1.00. The monoisotopic (exact) mass is 274 g/mol. The highest BCUT2D eigenvalue weighted by Crippen LogP contribution is 2.45. The first-order chi connectivity index (χ1) is 3.25. The normalized spacial score (nSPS) is 14.2. The van der Waals surface area contributed by atoms with Crippen LogP contribution in [0.2, 0.25) is 0 Å². The molecule has 0 saturated carbocycles. The van der Waals surface area contributed by atoms with E-state index in [1.165, 1.54) is 0 Å². The first kappa shape index (κ1) is 9.04. The van der Waals surface area contributed by atoms with Crippen LogP contribution >= 0.6 is 43.5 Å². The van der Waals surface area contributed by atoms with Crippen molar-refractivity contribution in [3.05, 3.63) is 0 Å². The van der Waals surface area contributed by atoms with Crippen LogP contribution in [0.5, 0.6) is 0 Å². The lowest BCUT2D eigenvalue weighted by molar-refractivity contribution is 0.0389. The maximum Gasteiger partial charge on any atom is 0.375 e. The zero-order chi connectivity index (χ0) is 7.00. The highest BCUT2D eigenvalue weighted by atomic mass is 79.9. The quantitative estimate of drug-likeness (QED) is 0.645. The highest BCUT2D eigenvalue weighted by molar-refractivity contribution is 9.25. The molecule has 6 heteroatoms. The molecule has 0 heterocycles. The van der Waals surface area contributed by atoms with E-state index < -0.39 is 8.87 Å². The van der Waals surface area contributed by atoms with E-state index >= 15 is 0 Å². The maximum absolute atomic E-state index is 11.8. The second-order valence-corrected chi connectivity index (χ2v) is 4.72. The minimum atomic E-state index is -3.92. The molecular formula is C2Br2ClF3. The second-order valence-electron chi connectivity index (χ2n) is 0.996. The van der Waals surface area contributed by atoms with Gasteiger partial charge in [0.15, 0.2) is 0 Å². The lowest BCUT2D eigenvalue weighted by Crippen LogP contribution is -2.26. The minimum absolute atomic E-state index is 1.97. The fourth-order valence-corrected chi connectivity index (χ4v) is 0. The molecule has 0 spiro atoms. The van der Waals surface area contributed by atoms with Gasteiger partial charge in [-0.3, -0.25) is 0 Å². The summed E-state index contributed by atoms with van der Waals surface area (Å²) in [6.45, 7) is 0. The molecule has 0 aliphatic rings. The van der Waals surface area contributed by atoms with Crippen LogP contribution in [0.1, 0.15) is 0 Å². The molecule has 0 nitrogen and oxygen atoms in total. The van der Waals surface area contributed by atoms with Crippen molar-refractivity contribution in [1.29, 1.82) is 0 Å². The van der Waals surface area contributed by atoms with Crippen molar-refractivity contribution in [1.82, 2.24) is 0 Å². The Hall–Kier alpha value is 1.04. The summed E-state index contributed by atoms with van der Waals surface area (Å²) in [5.74, 6) is 0. The molecule has 0 radical (unpaired) electrons. The molecule has 0 unspecified atom stereocenters. The van der Waals surface area contributed by atoms with E-state index in [0.29, 0.717) is 0 Å². The van der Waals surface area contributed by atoms with Crippen LogP contribution in [-0.2, 0) is 0 Å². The van der Waals surface area contributed by atoms with Gasteiger partial charge in [-0.25, -0.2) is 4.39 Å². The first-order valence-electron chi connectivity index (χ1n) is 1.38. The van der Waals surface area contributed by atoms with Gasteiger partial charge in [0.2, 0.25) is 0 Å². The summed E-state index contributed by atoms with van der Waals surface area (Å²) < 4.78 is 31.9. The molecular weight excluding hydrogens is 276 g/mol. The third-order valence-corrected chi connectivity index (χ3v) is 2.03. The smallest absolute Gasteiger partial charge is 0.210 e. The first-order valence-corrected chi connectivity index (χ1v) is 3.35. The zero-order valence-electron chi connectivity index (χ0n) is 3.27. The summed E-state index contributed by atoms with van der Waals surface area (Å²) in [5.41, 5.74) is 0. The van der Waals surface area contributed by atoms with Gasteiger partial charge in [0, 0.05) is 0 Å². The van der Waals surface area contributed by atoms with Gasteiger partial charge in [-0.1, -0.05) is 0 Å². The van der Waals surface area contributed by atoms with Crippen LogP contribution in [0.4, 0.5) is 13.2 Å². The van der Waals surface area contributed by atoms with Crippen molar-refractivity contribution in [3.8, 4) is 0 Å². The van der Waals surface area contributed by atoms with Gasteiger partial charge in [-0.2, -0.15) is 8.78 Å². The van der Waals surface area contributed by atoms with Crippen molar-refractivity contribution in [2.75, 3.05) is 0 Å². The van der Waals surface area contributed by atoms with Crippen LogP contribution in [0, 0.1) is 0 Å². The van der Waals surface area contributed by atoms with E-state index in [4.69, 9.17) is 0 Å². The van der Waals surface area contributed by atoms with Gasteiger partial charge in [-0.05, 0) is 43.5 Å². The molecule has 0 aliphatic heterocycles. The van der Waals surface area contributed by atoms with Gasteiger partial charge in [0.05, 0.1) is 0 Å². The Labute approximate surface area is 65.6 Å². The average molecular weight is 276 g/mol. The molecule has 0 aromatic carbocycles. The van der Waals surface area contributed by atoms with Crippen molar-refractivity contribution < 1.29 is 13.2 Å². The van der Waals surface area contributed by atoms with Gasteiger partial charge in [0.25, 0.3) is 3.49 Å². The fourth-order valence-electron chi connectivity index (χ4n) is 0. The van der Waals surface area contributed by atoms with Crippen LogP contribution in [0.25, 0.3) is 0 Å². The number of halogens is 6. The molecule has 0 amide bonds. The van der Waals surface area contributed by atoms with Gasteiger partial charge < -0.3 is 0 Å².